The zero-order chi connectivity index (χ0) is 19.8. The van der Waals surface area contributed by atoms with Gasteiger partial charge in [0, 0.05) is 18.2 Å². The van der Waals surface area contributed by atoms with Crippen LogP contribution in [0.4, 0.5) is 0 Å². The average molecular weight is 381 g/mol. The number of benzene rings is 1. The van der Waals surface area contributed by atoms with Gasteiger partial charge in [0.05, 0.1) is 41.0 Å². The van der Waals surface area contributed by atoms with Crippen LogP contribution in [0.3, 0.4) is 0 Å². The molecule has 3 aromatic heterocycles. The van der Waals surface area contributed by atoms with Crippen LogP contribution in [0.5, 0.6) is 0 Å². The van der Waals surface area contributed by atoms with Gasteiger partial charge in [-0.1, -0.05) is 18.1 Å². The number of hydrogen-bond donors (Lipinski definition) is 0. The number of nitrogens with zero attached hydrogens (tertiary/aromatic N) is 7. The van der Waals surface area contributed by atoms with Gasteiger partial charge in [0.25, 0.3) is 5.89 Å². The number of aryl methyl sites for hydroxylation is 1. The summed E-state index contributed by atoms with van der Waals surface area (Å²) in [5.74, 6) is 1.01. The highest BCUT2D eigenvalue weighted by Crippen LogP contribution is 2.30. The van der Waals surface area contributed by atoms with Crippen LogP contribution >= 0.6 is 0 Å². The lowest BCUT2D eigenvalue weighted by atomic mass is 10.0. The van der Waals surface area contributed by atoms with E-state index in [4.69, 9.17) is 9.52 Å². The van der Waals surface area contributed by atoms with Crippen LogP contribution < -0.4 is 0 Å². The first-order valence-electron chi connectivity index (χ1n) is 9.18. The lowest BCUT2D eigenvalue weighted by Gasteiger charge is -2.11. The maximum atomic E-state index is 9.39. The summed E-state index contributed by atoms with van der Waals surface area (Å²) in [6, 6.07) is 13.4. The molecule has 0 atom stereocenters. The van der Waals surface area contributed by atoms with E-state index < -0.39 is 0 Å². The maximum Gasteiger partial charge on any atom is 0.278 e. The molecule has 1 aliphatic rings. The average Bonchev–Trinajstić information content (AvgIpc) is 3.38. The van der Waals surface area contributed by atoms with Gasteiger partial charge in [0.2, 0.25) is 0 Å². The van der Waals surface area contributed by atoms with Crippen molar-refractivity contribution in [3.8, 4) is 23.3 Å². The van der Waals surface area contributed by atoms with E-state index in [0.717, 1.165) is 28.4 Å². The van der Waals surface area contributed by atoms with Gasteiger partial charge in [0.15, 0.2) is 11.5 Å². The number of aliphatic imine (C=N–C) groups is 1. The minimum Gasteiger partial charge on any atom is -0.332 e. The van der Waals surface area contributed by atoms with Gasteiger partial charge in [-0.05, 0) is 30.3 Å². The Labute approximate surface area is 166 Å². The zero-order valence-electron chi connectivity index (χ0n) is 15.6. The van der Waals surface area contributed by atoms with E-state index in [9.17, 15) is 5.26 Å². The Balaban J connectivity index is 1.73. The number of hydrogen-bond acceptors (Lipinski definition) is 7. The van der Waals surface area contributed by atoms with Crippen molar-refractivity contribution in [2.24, 2.45) is 4.99 Å². The van der Waals surface area contributed by atoms with Gasteiger partial charge in [-0.3, -0.25) is 14.5 Å². The van der Waals surface area contributed by atoms with Crippen molar-refractivity contribution in [2.75, 3.05) is 0 Å². The first-order valence-corrected chi connectivity index (χ1v) is 9.18. The summed E-state index contributed by atoms with van der Waals surface area (Å²) in [6.45, 7) is 2.33. The molecule has 0 amide bonds. The Morgan fingerprint density at radius 1 is 1.21 bits per heavy atom. The van der Waals surface area contributed by atoms with Crippen LogP contribution in [0, 0.1) is 11.3 Å². The Kier molecular flexibility index (Phi) is 3.99. The molecule has 8 nitrogen and oxygen atoms in total. The number of pyridine rings is 1. The fourth-order valence-electron chi connectivity index (χ4n) is 3.37. The number of aromatic nitrogens is 5. The summed E-state index contributed by atoms with van der Waals surface area (Å²) in [5, 5.41) is 13.4. The number of imidazole rings is 1. The molecule has 0 N–H and O–H groups in total. The molecule has 1 aromatic carbocycles. The topological polar surface area (TPSA) is 106 Å². The minimum absolute atomic E-state index is 0.363. The molecule has 4 heterocycles. The monoisotopic (exact) mass is 381 g/mol. The van der Waals surface area contributed by atoms with Crippen LogP contribution in [0.2, 0.25) is 0 Å². The fraction of sp³-hybridized carbons (Fsp3) is 0.143. The minimum atomic E-state index is 0.363. The second-order valence-corrected chi connectivity index (χ2v) is 6.50. The third-order valence-electron chi connectivity index (χ3n) is 4.79. The Morgan fingerprint density at radius 2 is 2.14 bits per heavy atom. The number of nitriles is 1. The van der Waals surface area contributed by atoms with Crippen LogP contribution in [0.1, 0.15) is 35.3 Å². The largest absolute Gasteiger partial charge is 0.332 e. The molecule has 0 bridgehead atoms. The normalized spacial score (nSPS) is 12.5. The smallest absolute Gasteiger partial charge is 0.278 e. The van der Waals surface area contributed by atoms with Crippen molar-refractivity contribution in [1.29, 1.82) is 5.26 Å². The molecule has 5 rings (SSSR count). The molecule has 0 saturated heterocycles. The molecule has 1 aliphatic heterocycles. The summed E-state index contributed by atoms with van der Waals surface area (Å²) in [7, 11) is 0. The zero-order valence-corrected chi connectivity index (χ0v) is 15.6. The quantitative estimate of drug-likeness (QED) is 0.540. The first-order chi connectivity index (χ1) is 14.3. The van der Waals surface area contributed by atoms with Crippen LogP contribution in [0.25, 0.3) is 17.3 Å². The van der Waals surface area contributed by atoms with Gasteiger partial charge >= 0.3 is 0 Å². The predicted molar refractivity (Wildman–Crippen MR) is 105 cm³/mol. The molecule has 0 aliphatic carbocycles. The summed E-state index contributed by atoms with van der Waals surface area (Å²) in [5.41, 5.74) is 5.18. The molecule has 0 saturated carbocycles. The first kappa shape index (κ1) is 17.0. The van der Waals surface area contributed by atoms with E-state index in [0.29, 0.717) is 35.9 Å². The van der Waals surface area contributed by atoms with Crippen molar-refractivity contribution in [1.82, 2.24) is 24.7 Å². The van der Waals surface area contributed by atoms with E-state index in [1.54, 1.807) is 18.6 Å². The highest BCUT2D eigenvalue weighted by atomic mass is 16.5. The molecule has 0 unspecified atom stereocenters. The van der Waals surface area contributed by atoms with Gasteiger partial charge in [-0.25, -0.2) is 4.98 Å². The van der Waals surface area contributed by atoms with Crippen molar-refractivity contribution in [2.45, 2.75) is 19.9 Å². The Hall–Kier alpha value is -4.12. The van der Waals surface area contributed by atoms with Crippen LogP contribution in [-0.4, -0.2) is 30.4 Å². The summed E-state index contributed by atoms with van der Waals surface area (Å²) < 4.78 is 7.36. The maximum absolute atomic E-state index is 9.39. The predicted octanol–water partition coefficient (Wildman–Crippen LogP) is 3.10. The highest BCUT2D eigenvalue weighted by Gasteiger charge is 2.25. The van der Waals surface area contributed by atoms with Crippen molar-refractivity contribution in [3.05, 3.63) is 77.3 Å². The molecule has 0 spiro atoms. The second kappa shape index (κ2) is 6.80. The van der Waals surface area contributed by atoms with Gasteiger partial charge in [-0.15, -0.1) is 0 Å². The number of rotatable bonds is 3. The summed E-state index contributed by atoms with van der Waals surface area (Å²) >= 11 is 0. The van der Waals surface area contributed by atoms with E-state index in [1.165, 1.54) is 0 Å². The van der Waals surface area contributed by atoms with Gasteiger partial charge in [0.1, 0.15) is 6.33 Å². The third kappa shape index (κ3) is 2.80. The van der Waals surface area contributed by atoms with Crippen molar-refractivity contribution in [3.63, 3.8) is 0 Å². The van der Waals surface area contributed by atoms with E-state index >= 15 is 0 Å². The molecule has 0 fully saturated rings. The fourth-order valence-corrected chi connectivity index (χ4v) is 3.37. The molecular weight excluding hydrogens is 366 g/mol. The Morgan fingerprint density at radius 3 is 2.90 bits per heavy atom. The summed E-state index contributed by atoms with van der Waals surface area (Å²) in [4.78, 5) is 18.2. The van der Waals surface area contributed by atoms with E-state index in [2.05, 4.69) is 26.2 Å². The van der Waals surface area contributed by atoms with Crippen molar-refractivity contribution >= 4 is 5.71 Å². The van der Waals surface area contributed by atoms with Gasteiger partial charge in [-0.2, -0.15) is 10.2 Å². The van der Waals surface area contributed by atoms with Crippen molar-refractivity contribution < 1.29 is 4.52 Å². The lowest BCUT2D eigenvalue weighted by molar-refractivity contribution is 0.422. The molecule has 0 radical (unpaired) electrons. The number of fused-ring (bicyclic) bond motifs is 3. The second-order valence-electron chi connectivity index (χ2n) is 6.50. The molecule has 4 aromatic rings. The molecule has 140 valence electrons. The summed E-state index contributed by atoms with van der Waals surface area (Å²) in [6.07, 6.45) is 4.14. The van der Waals surface area contributed by atoms with Crippen LogP contribution in [-0.2, 0) is 13.0 Å². The molecule has 8 heteroatoms. The molecular formula is C21H15N7O. The van der Waals surface area contributed by atoms with E-state index in [1.807, 2.05) is 41.8 Å². The van der Waals surface area contributed by atoms with Gasteiger partial charge < -0.3 is 4.52 Å². The lowest BCUT2D eigenvalue weighted by Crippen LogP contribution is -2.08. The third-order valence-corrected chi connectivity index (χ3v) is 4.79. The van der Waals surface area contributed by atoms with E-state index in [-0.39, 0.29) is 0 Å². The Bertz CT molecular complexity index is 1280. The standard InChI is InChI=1S/C21H15N7O/c1-2-18-26-21(29-27-18)20-17-11-24-19(15-5-3-4-8-23-15)14-9-13(10-22)6-7-16(14)28(17)12-25-20/h3-9,12H,2,11H2,1H3. The highest BCUT2D eigenvalue weighted by molar-refractivity contribution is 6.14. The molecule has 29 heavy (non-hydrogen) atoms. The SMILES string of the molecule is CCc1noc(-c2ncn3c2CN=C(c2ccccn2)c2cc(C#N)ccc2-3)n1. The van der Waals surface area contributed by atoms with Crippen LogP contribution in [0.15, 0.2) is 58.4 Å².